The Morgan fingerprint density at radius 3 is 2.28 bits per heavy atom. The Hall–Kier alpha value is -4.02. The normalized spacial score (nSPS) is 16.6. The molecule has 0 unspecified atom stereocenters. The lowest BCUT2D eigenvalue weighted by Gasteiger charge is -2.20. The minimum Gasteiger partial charge on any atom is -0.378 e. The minimum atomic E-state index is -4.11. The molecule has 2 heterocycles. The van der Waals surface area contributed by atoms with Crippen LogP contribution in [0.4, 0.5) is 0 Å². The highest BCUT2D eigenvalue weighted by Crippen LogP contribution is 2.32. The number of aryl methyl sites for hydroxylation is 2. The first-order valence-electron chi connectivity index (χ1n) is 10.9. The second-order valence-corrected chi connectivity index (χ2v) is 10.7. The van der Waals surface area contributed by atoms with Crippen LogP contribution in [0, 0.1) is 19.3 Å². The molecule has 10 heteroatoms. The molecule has 3 aromatic carbocycles. The van der Waals surface area contributed by atoms with Crippen molar-refractivity contribution in [3.05, 3.63) is 101 Å². The smallest absolute Gasteiger partial charge is 0.339 e. The molecule has 0 radical (unpaired) electrons. The summed E-state index contributed by atoms with van der Waals surface area (Å²) in [5.41, 5.74) is 3.16. The zero-order chi connectivity index (χ0) is 25.4. The number of fused-ring (bicyclic) bond motifs is 1. The number of hydrogen-bond donors (Lipinski definition) is 1. The van der Waals surface area contributed by atoms with Crippen LogP contribution in [0.25, 0.3) is 6.08 Å². The lowest BCUT2D eigenvalue weighted by atomic mass is 10.1. The molecule has 36 heavy (non-hydrogen) atoms. The van der Waals surface area contributed by atoms with Crippen LogP contribution in [0.2, 0.25) is 0 Å². The molecule has 5 rings (SSSR count). The van der Waals surface area contributed by atoms with Crippen molar-refractivity contribution < 1.29 is 17.4 Å². The second-order valence-electron chi connectivity index (χ2n) is 8.18. The third-order valence-corrected chi connectivity index (χ3v) is 7.69. The number of amides is 1. The monoisotopic (exact) mass is 516 g/mol. The van der Waals surface area contributed by atoms with E-state index in [1.807, 2.05) is 38.1 Å². The summed E-state index contributed by atoms with van der Waals surface area (Å²) in [5, 5.41) is 15.3. The summed E-state index contributed by atoms with van der Waals surface area (Å²) in [6.07, 6.45) is 1.40. The SMILES string of the molecule is Cc1ccc(C2=NN3C(=N)/C(=C/c4ccccc4OS(=O)(=O)c4ccc(C)cc4)C(=O)N=C3S2)cc1. The van der Waals surface area contributed by atoms with Gasteiger partial charge < -0.3 is 4.18 Å². The Kier molecular flexibility index (Phi) is 6.07. The van der Waals surface area contributed by atoms with Gasteiger partial charge in [-0.25, -0.2) is 0 Å². The van der Waals surface area contributed by atoms with Crippen LogP contribution in [0.15, 0.2) is 93.4 Å². The number of hydrazone groups is 1. The van der Waals surface area contributed by atoms with Gasteiger partial charge in [0, 0.05) is 11.1 Å². The van der Waals surface area contributed by atoms with Gasteiger partial charge in [0.2, 0.25) is 5.17 Å². The molecule has 0 bridgehead atoms. The van der Waals surface area contributed by atoms with E-state index in [4.69, 9.17) is 9.59 Å². The highest BCUT2D eigenvalue weighted by molar-refractivity contribution is 8.27. The number of nitrogens with zero attached hydrogens (tertiary/aromatic N) is 3. The molecule has 2 aliphatic rings. The molecule has 1 N–H and O–H groups in total. The topological polar surface area (TPSA) is 112 Å². The minimum absolute atomic E-state index is 0.0124. The van der Waals surface area contributed by atoms with Gasteiger partial charge in [-0.05, 0) is 49.9 Å². The summed E-state index contributed by atoms with van der Waals surface area (Å²) in [6.45, 7) is 3.84. The van der Waals surface area contributed by atoms with E-state index in [0.717, 1.165) is 16.7 Å². The fraction of sp³-hybridized carbons (Fsp3) is 0.0769. The third kappa shape index (κ3) is 4.60. The average molecular weight is 517 g/mol. The van der Waals surface area contributed by atoms with Gasteiger partial charge in [-0.15, -0.1) is 0 Å². The van der Waals surface area contributed by atoms with Crippen LogP contribution in [0.3, 0.4) is 0 Å². The highest BCUT2D eigenvalue weighted by Gasteiger charge is 2.36. The molecule has 0 saturated carbocycles. The van der Waals surface area contributed by atoms with Crippen molar-refractivity contribution in [2.24, 2.45) is 10.1 Å². The number of benzene rings is 3. The van der Waals surface area contributed by atoms with Gasteiger partial charge in [0.05, 0.1) is 5.57 Å². The van der Waals surface area contributed by atoms with Gasteiger partial charge in [0.1, 0.15) is 15.7 Å². The van der Waals surface area contributed by atoms with Crippen molar-refractivity contribution in [1.29, 1.82) is 5.41 Å². The van der Waals surface area contributed by atoms with Gasteiger partial charge in [-0.3, -0.25) is 10.2 Å². The van der Waals surface area contributed by atoms with Crippen LogP contribution in [-0.2, 0) is 14.9 Å². The van der Waals surface area contributed by atoms with Gasteiger partial charge in [0.15, 0.2) is 5.84 Å². The molecular weight excluding hydrogens is 496 g/mol. The summed E-state index contributed by atoms with van der Waals surface area (Å²) in [7, 11) is -4.11. The predicted molar refractivity (Wildman–Crippen MR) is 141 cm³/mol. The molecular formula is C26H20N4O4S2. The van der Waals surface area contributed by atoms with Gasteiger partial charge in [0.25, 0.3) is 5.91 Å². The molecule has 3 aromatic rings. The molecule has 0 atom stereocenters. The Bertz CT molecular complexity index is 1590. The Balaban J connectivity index is 1.46. The highest BCUT2D eigenvalue weighted by atomic mass is 32.2. The van der Waals surface area contributed by atoms with Gasteiger partial charge >= 0.3 is 10.1 Å². The lowest BCUT2D eigenvalue weighted by molar-refractivity contribution is -0.114. The van der Waals surface area contributed by atoms with E-state index in [2.05, 4.69) is 10.1 Å². The van der Waals surface area contributed by atoms with E-state index >= 15 is 0 Å². The number of thioether (sulfide) groups is 1. The van der Waals surface area contributed by atoms with E-state index in [0.29, 0.717) is 15.8 Å². The quantitative estimate of drug-likeness (QED) is 0.387. The van der Waals surface area contributed by atoms with E-state index in [1.54, 1.807) is 30.3 Å². The van der Waals surface area contributed by atoms with E-state index in [1.165, 1.54) is 41.0 Å². The Morgan fingerprint density at radius 1 is 0.944 bits per heavy atom. The number of amidine groups is 2. The van der Waals surface area contributed by atoms with E-state index < -0.39 is 16.0 Å². The summed E-state index contributed by atoms with van der Waals surface area (Å²) >= 11 is 1.21. The first-order chi connectivity index (χ1) is 17.2. The van der Waals surface area contributed by atoms with Crippen LogP contribution < -0.4 is 4.18 Å². The first kappa shape index (κ1) is 23.7. The molecule has 0 spiro atoms. The number of hydrogen-bond acceptors (Lipinski definition) is 7. The number of aliphatic imine (C=N–C) groups is 1. The van der Waals surface area contributed by atoms with Crippen LogP contribution in [-0.4, -0.2) is 35.4 Å². The van der Waals surface area contributed by atoms with Gasteiger partial charge in [-0.1, -0.05) is 65.7 Å². The summed E-state index contributed by atoms with van der Waals surface area (Å²) in [5.74, 6) is -0.744. The van der Waals surface area contributed by atoms with Crippen molar-refractivity contribution in [3.8, 4) is 5.75 Å². The third-order valence-electron chi connectivity index (χ3n) is 5.48. The van der Waals surface area contributed by atoms with Crippen molar-refractivity contribution >= 4 is 49.9 Å². The number of para-hydroxylation sites is 1. The van der Waals surface area contributed by atoms with E-state index in [-0.39, 0.29) is 22.1 Å². The standard InChI is InChI=1S/C26H20N4O4S2/c1-16-7-11-18(12-8-16)25-29-30-23(27)21(24(31)28-26(30)35-25)15-19-5-3-4-6-22(19)34-36(32,33)20-13-9-17(2)10-14-20/h3-15,27H,1-2H3/b21-15-,27-23?. The number of rotatable bonds is 5. The first-order valence-corrected chi connectivity index (χ1v) is 13.1. The maximum atomic E-state index is 12.8. The van der Waals surface area contributed by atoms with Crippen molar-refractivity contribution in [3.63, 3.8) is 0 Å². The molecule has 0 aliphatic carbocycles. The van der Waals surface area contributed by atoms with Crippen molar-refractivity contribution in [2.75, 3.05) is 0 Å². The summed E-state index contributed by atoms with van der Waals surface area (Å²) in [6, 6.07) is 20.5. The molecule has 0 fully saturated rings. The van der Waals surface area contributed by atoms with Crippen molar-refractivity contribution in [1.82, 2.24) is 5.01 Å². The molecule has 0 aromatic heterocycles. The summed E-state index contributed by atoms with van der Waals surface area (Å²) in [4.78, 5) is 17.0. The Labute approximate surface area is 212 Å². The molecule has 0 saturated heterocycles. The number of carbonyl (C=O) groups excluding carboxylic acids is 1. The fourth-order valence-electron chi connectivity index (χ4n) is 3.51. The maximum Gasteiger partial charge on any atom is 0.339 e. The predicted octanol–water partition coefficient (Wildman–Crippen LogP) is 4.74. The number of nitrogens with one attached hydrogen (secondary N) is 1. The van der Waals surface area contributed by atoms with Crippen LogP contribution in [0.5, 0.6) is 5.75 Å². The number of carbonyl (C=O) groups is 1. The maximum absolute atomic E-state index is 12.8. The molecule has 180 valence electrons. The van der Waals surface area contributed by atoms with Gasteiger partial charge in [-0.2, -0.15) is 23.5 Å². The Morgan fingerprint density at radius 2 is 1.58 bits per heavy atom. The molecule has 1 amide bonds. The fourth-order valence-corrected chi connectivity index (χ4v) is 5.36. The van der Waals surface area contributed by atoms with Crippen LogP contribution in [0.1, 0.15) is 22.3 Å². The molecule has 8 nitrogen and oxygen atoms in total. The zero-order valence-electron chi connectivity index (χ0n) is 19.3. The average Bonchev–Trinajstić information content (AvgIpc) is 3.27. The molecule has 2 aliphatic heterocycles. The second kappa shape index (κ2) is 9.21. The summed E-state index contributed by atoms with van der Waals surface area (Å²) < 4.78 is 31.1. The largest absolute Gasteiger partial charge is 0.378 e. The van der Waals surface area contributed by atoms with Crippen molar-refractivity contribution in [2.45, 2.75) is 18.7 Å². The lowest BCUT2D eigenvalue weighted by Crippen LogP contribution is -2.35. The van der Waals surface area contributed by atoms with Crippen LogP contribution >= 0.6 is 11.8 Å². The van der Waals surface area contributed by atoms with E-state index in [9.17, 15) is 13.2 Å². The zero-order valence-corrected chi connectivity index (χ0v) is 20.9.